The van der Waals surface area contributed by atoms with Crippen LogP contribution in [-0.2, 0) is 15.3 Å². The Labute approximate surface area is 199 Å². The molecule has 7 heteroatoms. The maximum Gasteiger partial charge on any atom is 0.208 e. The largest absolute Gasteiger partial charge is 0.347 e. The molecule has 168 valence electrons. The van der Waals surface area contributed by atoms with Gasteiger partial charge in [0.15, 0.2) is 11.6 Å². The molecule has 33 heavy (non-hydrogen) atoms. The van der Waals surface area contributed by atoms with Crippen molar-refractivity contribution in [2.75, 3.05) is 11.9 Å². The highest BCUT2D eigenvalue weighted by Crippen LogP contribution is 2.46. The Hall–Kier alpha value is -3.22. The van der Waals surface area contributed by atoms with E-state index in [9.17, 15) is 18.0 Å². The van der Waals surface area contributed by atoms with Gasteiger partial charge in [0.25, 0.3) is 0 Å². The second-order valence-corrected chi connectivity index (χ2v) is 10.5. The molecule has 2 aliphatic heterocycles. The lowest BCUT2D eigenvalue weighted by molar-refractivity contribution is 0.102. The lowest BCUT2D eigenvalue weighted by Crippen LogP contribution is -2.24. The van der Waals surface area contributed by atoms with E-state index >= 15 is 0 Å². The van der Waals surface area contributed by atoms with Gasteiger partial charge in [-0.05, 0) is 35.9 Å². The average molecular weight is 480 g/mol. The minimum absolute atomic E-state index is 0. The van der Waals surface area contributed by atoms with Gasteiger partial charge < -0.3 is 4.90 Å². The average Bonchev–Trinajstić information content (AvgIpc) is 2.98. The molecule has 0 atom stereocenters. The molecule has 0 N–H and O–H groups in total. The summed E-state index contributed by atoms with van der Waals surface area (Å²) in [4.78, 5) is 27.9. The number of para-hydroxylation sites is 1. The van der Waals surface area contributed by atoms with Gasteiger partial charge in [0.1, 0.15) is 0 Å². The van der Waals surface area contributed by atoms with Crippen LogP contribution in [0.2, 0.25) is 0 Å². The Kier molecular flexibility index (Phi) is 5.34. The molecule has 3 aromatic rings. The fraction of sp³-hybridized carbons (Fsp3) is 0.154. The first-order chi connectivity index (χ1) is 15.1. The number of nitrogens with zero attached hydrogens (tertiary/aromatic N) is 1. The van der Waals surface area contributed by atoms with E-state index in [0.29, 0.717) is 0 Å². The standard InChI is InChI=1S/C26H21NO4S.ClH/c1-26(2)19-9-5-6-10-20(19)27(3)24(26)15-21(28)16-12-13-18-23(14-16)32(30,31)22-11-7-4-8-17(22)25(18)29;/h4-15H,1-3H3;1H/b24-15-;. The molecule has 2 aliphatic rings. The maximum absolute atomic E-state index is 13.2. The minimum Gasteiger partial charge on any atom is -0.347 e. The van der Waals surface area contributed by atoms with Gasteiger partial charge >= 0.3 is 0 Å². The third-order valence-corrected chi connectivity index (χ3v) is 8.28. The summed E-state index contributed by atoms with van der Waals surface area (Å²) in [5.74, 6) is -0.660. The van der Waals surface area contributed by atoms with Crippen molar-refractivity contribution in [3.63, 3.8) is 0 Å². The number of carbonyl (C=O) groups is 2. The second kappa shape index (κ2) is 7.68. The van der Waals surface area contributed by atoms with Crippen molar-refractivity contribution < 1.29 is 18.0 Å². The van der Waals surface area contributed by atoms with Crippen LogP contribution < -0.4 is 4.90 Å². The molecule has 0 bridgehead atoms. The summed E-state index contributed by atoms with van der Waals surface area (Å²) in [5, 5.41) is 0. The minimum atomic E-state index is -3.90. The van der Waals surface area contributed by atoms with E-state index in [1.54, 1.807) is 18.2 Å². The zero-order chi connectivity index (χ0) is 22.8. The van der Waals surface area contributed by atoms with Gasteiger partial charge in [0, 0.05) is 46.6 Å². The molecule has 3 aromatic carbocycles. The van der Waals surface area contributed by atoms with Crippen molar-refractivity contribution in [3.8, 4) is 0 Å². The zero-order valence-corrected chi connectivity index (χ0v) is 20.0. The highest BCUT2D eigenvalue weighted by Gasteiger charge is 2.39. The van der Waals surface area contributed by atoms with Gasteiger partial charge in [0.05, 0.1) is 9.79 Å². The van der Waals surface area contributed by atoms with E-state index < -0.39 is 9.84 Å². The number of carbonyl (C=O) groups excluding carboxylic acids is 2. The molecule has 2 heterocycles. The molecule has 0 saturated heterocycles. The van der Waals surface area contributed by atoms with Gasteiger partial charge in [-0.1, -0.05) is 50.2 Å². The zero-order valence-electron chi connectivity index (χ0n) is 18.3. The summed E-state index contributed by atoms with van der Waals surface area (Å²) >= 11 is 0. The number of sulfone groups is 1. The third kappa shape index (κ3) is 3.24. The summed E-state index contributed by atoms with van der Waals surface area (Å²) in [7, 11) is -1.98. The van der Waals surface area contributed by atoms with E-state index in [4.69, 9.17) is 0 Å². The second-order valence-electron chi connectivity index (χ2n) is 8.63. The monoisotopic (exact) mass is 479 g/mol. The van der Waals surface area contributed by atoms with Crippen LogP contribution in [0.1, 0.15) is 45.7 Å². The molecule has 0 radical (unpaired) electrons. The lowest BCUT2D eigenvalue weighted by Gasteiger charge is -2.24. The van der Waals surface area contributed by atoms with Gasteiger partial charge in [-0.15, -0.1) is 12.4 Å². The summed E-state index contributed by atoms with van der Waals surface area (Å²) < 4.78 is 26.4. The van der Waals surface area contributed by atoms with Crippen molar-refractivity contribution in [2.45, 2.75) is 29.1 Å². The predicted octanol–water partition coefficient (Wildman–Crippen LogP) is 4.98. The smallest absolute Gasteiger partial charge is 0.208 e. The SMILES string of the molecule is CN1/C(=C\C(=O)c2ccc3c(c2)S(=O)(=O)c2ccccc2C3=O)C(C)(C)c2ccccc21.Cl. The normalized spacial score (nSPS) is 18.2. The highest BCUT2D eigenvalue weighted by atomic mass is 35.5. The fourth-order valence-corrected chi connectivity index (χ4v) is 6.38. The van der Waals surface area contributed by atoms with Crippen molar-refractivity contribution in [1.82, 2.24) is 0 Å². The Morgan fingerprint density at radius 1 is 0.909 bits per heavy atom. The third-order valence-electron chi connectivity index (χ3n) is 6.43. The van der Waals surface area contributed by atoms with Gasteiger partial charge in [0.2, 0.25) is 9.84 Å². The van der Waals surface area contributed by atoms with Crippen LogP contribution in [-0.4, -0.2) is 27.0 Å². The Morgan fingerprint density at radius 3 is 2.27 bits per heavy atom. The molecular formula is C26H22ClNO4S. The van der Waals surface area contributed by atoms with Crippen molar-refractivity contribution in [2.24, 2.45) is 0 Å². The maximum atomic E-state index is 13.2. The Bertz CT molecular complexity index is 1470. The van der Waals surface area contributed by atoms with Gasteiger partial charge in [-0.3, -0.25) is 9.59 Å². The first kappa shape index (κ1) is 23.0. The summed E-state index contributed by atoms with van der Waals surface area (Å²) in [6.07, 6.45) is 1.56. The number of anilines is 1. The molecule has 0 unspecified atom stereocenters. The summed E-state index contributed by atoms with van der Waals surface area (Å²) in [5.41, 5.74) is 3.09. The van der Waals surface area contributed by atoms with Crippen LogP contribution in [0.15, 0.2) is 88.3 Å². The van der Waals surface area contributed by atoms with Crippen LogP contribution >= 0.6 is 12.4 Å². The number of hydrogen-bond donors (Lipinski definition) is 0. The van der Waals surface area contributed by atoms with E-state index in [-0.39, 0.29) is 55.9 Å². The number of fused-ring (bicyclic) bond motifs is 3. The highest BCUT2D eigenvalue weighted by molar-refractivity contribution is 7.91. The number of likely N-dealkylation sites (N-methyl/N-ethyl adjacent to an activating group) is 1. The van der Waals surface area contributed by atoms with E-state index in [2.05, 4.69) is 13.8 Å². The van der Waals surface area contributed by atoms with Gasteiger partial charge in [-0.25, -0.2) is 8.42 Å². The number of benzene rings is 3. The number of halogens is 1. The van der Waals surface area contributed by atoms with E-state index in [1.807, 2.05) is 36.2 Å². The molecular weight excluding hydrogens is 458 g/mol. The number of allylic oxidation sites excluding steroid dienone is 2. The van der Waals surface area contributed by atoms with Crippen LogP contribution in [0.3, 0.4) is 0 Å². The summed E-state index contributed by atoms with van der Waals surface area (Å²) in [6.45, 7) is 4.11. The van der Waals surface area contributed by atoms with E-state index in [1.165, 1.54) is 30.3 Å². The fourth-order valence-electron chi connectivity index (χ4n) is 4.70. The number of rotatable bonds is 2. The van der Waals surface area contributed by atoms with Crippen molar-refractivity contribution in [3.05, 3.63) is 101 Å². The molecule has 0 aliphatic carbocycles. The van der Waals surface area contributed by atoms with Crippen molar-refractivity contribution in [1.29, 1.82) is 0 Å². The number of ketones is 2. The molecule has 0 saturated carbocycles. The van der Waals surface area contributed by atoms with Crippen LogP contribution in [0, 0.1) is 0 Å². The number of hydrogen-bond acceptors (Lipinski definition) is 5. The Morgan fingerprint density at radius 2 is 1.55 bits per heavy atom. The van der Waals surface area contributed by atoms with E-state index in [0.717, 1.165) is 16.9 Å². The quantitative estimate of drug-likeness (QED) is 0.299. The van der Waals surface area contributed by atoms with Crippen LogP contribution in [0.4, 0.5) is 5.69 Å². The molecule has 0 amide bonds. The van der Waals surface area contributed by atoms with Crippen molar-refractivity contribution >= 4 is 39.5 Å². The topological polar surface area (TPSA) is 71.5 Å². The van der Waals surface area contributed by atoms with Crippen LogP contribution in [0.5, 0.6) is 0 Å². The first-order valence-electron chi connectivity index (χ1n) is 10.3. The summed E-state index contributed by atoms with van der Waals surface area (Å²) in [6, 6.07) is 18.4. The molecule has 5 nitrogen and oxygen atoms in total. The molecule has 0 aromatic heterocycles. The molecule has 0 fully saturated rings. The van der Waals surface area contributed by atoms with Gasteiger partial charge in [-0.2, -0.15) is 0 Å². The lowest BCUT2D eigenvalue weighted by atomic mass is 9.83. The Balaban J connectivity index is 0.00000259. The first-order valence-corrected chi connectivity index (χ1v) is 11.7. The molecule has 0 spiro atoms. The predicted molar refractivity (Wildman–Crippen MR) is 129 cm³/mol. The molecule has 5 rings (SSSR count). The van der Waals surface area contributed by atoms with Crippen LogP contribution in [0.25, 0.3) is 0 Å².